The highest BCUT2D eigenvalue weighted by Gasteiger charge is 2.06. The van der Waals surface area contributed by atoms with E-state index in [1.807, 2.05) is 6.92 Å². The summed E-state index contributed by atoms with van der Waals surface area (Å²) in [5.74, 6) is -1.07. The number of carbonyl (C=O) groups excluding carboxylic acids is 2. The molecule has 0 amide bonds. The van der Waals surface area contributed by atoms with Crippen LogP contribution in [0.15, 0.2) is 24.5 Å². The minimum absolute atomic E-state index is 0.251. The van der Waals surface area contributed by atoms with Crippen molar-refractivity contribution in [3.05, 3.63) is 24.5 Å². The van der Waals surface area contributed by atoms with Crippen LogP contribution in [0.5, 0.6) is 0 Å². The van der Waals surface area contributed by atoms with Gasteiger partial charge in [0.1, 0.15) is 6.26 Å². The molecule has 15 heavy (non-hydrogen) atoms. The summed E-state index contributed by atoms with van der Waals surface area (Å²) >= 11 is 0. The topological polar surface area (TPSA) is 52.6 Å². The minimum Gasteiger partial charge on any atom is -0.462 e. The van der Waals surface area contributed by atoms with Crippen LogP contribution in [0.3, 0.4) is 0 Å². The van der Waals surface area contributed by atoms with Gasteiger partial charge in [-0.05, 0) is 13.3 Å². The Labute approximate surface area is 89.6 Å². The second-order valence-electron chi connectivity index (χ2n) is 2.93. The van der Waals surface area contributed by atoms with Gasteiger partial charge in [0.2, 0.25) is 0 Å². The predicted octanol–water partition coefficient (Wildman–Crippen LogP) is 1.96. The Bertz CT molecular complexity index is 266. The van der Waals surface area contributed by atoms with E-state index >= 15 is 0 Å². The number of hydrogen-bond donors (Lipinski definition) is 0. The number of rotatable bonds is 6. The van der Waals surface area contributed by atoms with Crippen molar-refractivity contribution in [3.8, 4) is 0 Å². The molecule has 0 N–H and O–H groups in total. The summed E-state index contributed by atoms with van der Waals surface area (Å²) in [6, 6.07) is 0. The zero-order chi connectivity index (χ0) is 11.7. The van der Waals surface area contributed by atoms with Crippen LogP contribution >= 0.6 is 0 Å². The van der Waals surface area contributed by atoms with Gasteiger partial charge in [-0.1, -0.05) is 19.9 Å². The van der Waals surface area contributed by atoms with Gasteiger partial charge in [0.25, 0.3) is 0 Å². The van der Waals surface area contributed by atoms with Crippen LogP contribution in [0.25, 0.3) is 0 Å². The first-order valence-electron chi connectivity index (χ1n) is 4.78. The van der Waals surface area contributed by atoms with Gasteiger partial charge in [-0.15, -0.1) is 0 Å². The third-order valence-electron chi connectivity index (χ3n) is 1.57. The monoisotopic (exact) mass is 212 g/mol. The Balaban J connectivity index is 3.96. The Morgan fingerprint density at radius 3 is 2.60 bits per heavy atom. The molecule has 84 valence electrons. The summed E-state index contributed by atoms with van der Waals surface area (Å²) in [5.41, 5.74) is 0.251. The third-order valence-corrected chi connectivity index (χ3v) is 1.57. The number of unbranched alkanes of at least 4 members (excludes halogenated alkanes) is 1. The van der Waals surface area contributed by atoms with Crippen LogP contribution < -0.4 is 0 Å². The first-order valence-corrected chi connectivity index (χ1v) is 4.78. The van der Waals surface area contributed by atoms with E-state index in [0.717, 1.165) is 25.2 Å². The van der Waals surface area contributed by atoms with Crippen molar-refractivity contribution in [1.82, 2.24) is 0 Å². The molecule has 0 aromatic rings. The van der Waals surface area contributed by atoms with Crippen LogP contribution in [0.2, 0.25) is 0 Å². The fourth-order valence-electron chi connectivity index (χ4n) is 0.666. The van der Waals surface area contributed by atoms with Gasteiger partial charge in [-0.25, -0.2) is 9.59 Å². The molecule has 0 rings (SSSR count). The lowest BCUT2D eigenvalue weighted by Gasteiger charge is -2.03. The molecular formula is C11H16O4. The van der Waals surface area contributed by atoms with Gasteiger partial charge >= 0.3 is 11.9 Å². The van der Waals surface area contributed by atoms with Crippen LogP contribution in [-0.2, 0) is 19.1 Å². The first kappa shape index (κ1) is 13.4. The van der Waals surface area contributed by atoms with E-state index in [9.17, 15) is 9.59 Å². The van der Waals surface area contributed by atoms with E-state index in [2.05, 4.69) is 11.3 Å². The van der Waals surface area contributed by atoms with Crippen molar-refractivity contribution in [1.29, 1.82) is 0 Å². The molecular weight excluding hydrogens is 196 g/mol. The average molecular weight is 212 g/mol. The lowest BCUT2D eigenvalue weighted by molar-refractivity contribution is -0.139. The summed E-state index contributed by atoms with van der Waals surface area (Å²) in [6.07, 6.45) is 3.87. The van der Waals surface area contributed by atoms with E-state index in [1.165, 1.54) is 6.92 Å². The second kappa shape index (κ2) is 7.79. The maximum Gasteiger partial charge on any atom is 0.336 e. The van der Waals surface area contributed by atoms with Crippen molar-refractivity contribution >= 4 is 11.9 Å². The summed E-state index contributed by atoms with van der Waals surface area (Å²) in [4.78, 5) is 21.9. The second-order valence-corrected chi connectivity index (χ2v) is 2.93. The highest BCUT2D eigenvalue weighted by Crippen LogP contribution is 1.99. The summed E-state index contributed by atoms with van der Waals surface area (Å²) in [7, 11) is 0. The van der Waals surface area contributed by atoms with Crippen molar-refractivity contribution in [3.63, 3.8) is 0 Å². The van der Waals surface area contributed by atoms with Gasteiger partial charge < -0.3 is 9.47 Å². The molecule has 0 radical (unpaired) electrons. The fourth-order valence-corrected chi connectivity index (χ4v) is 0.666. The van der Waals surface area contributed by atoms with E-state index in [0.29, 0.717) is 6.61 Å². The Hall–Kier alpha value is -1.58. The van der Waals surface area contributed by atoms with Crippen molar-refractivity contribution in [2.24, 2.45) is 0 Å². The number of esters is 2. The SMILES string of the molecule is C=CC(=O)O/C=C(\C)C(=O)OCCCC. The maximum absolute atomic E-state index is 11.2. The highest BCUT2D eigenvalue weighted by molar-refractivity contribution is 5.88. The fraction of sp³-hybridized carbons (Fsp3) is 0.455. The molecule has 0 aliphatic rings. The molecule has 0 aliphatic carbocycles. The minimum atomic E-state index is -0.601. The third kappa shape index (κ3) is 6.49. The van der Waals surface area contributed by atoms with E-state index in [1.54, 1.807) is 0 Å². The summed E-state index contributed by atoms with van der Waals surface area (Å²) < 4.78 is 9.45. The summed E-state index contributed by atoms with van der Waals surface area (Å²) in [6.45, 7) is 7.13. The molecule has 0 atom stereocenters. The largest absolute Gasteiger partial charge is 0.462 e. The zero-order valence-corrected chi connectivity index (χ0v) is 9.12. The maximum atomic E-state index is 11.2. The summed E-state index contributed by atoms with van der Waals surface area (Å²) in [5, 5.41) is 0. The van der Waals surface area contributed by atoms with Crippen LogP contribution in [0.1, 0.15) is 26.7 Å². The lowest BCUT2D eigenvalue weighted by Crippen LogP contribution is -2.08. The van der Waals surface area contributed by atoms with Crippen molar-refractivity contribution in [2.75, 3.05) is 6.61 Å². The number of hydrogen-bond acceptors (Lipinski definition) is 4. The van der Waals surface area contributed by atoms with Crippen molar-refractivity contribution in [2.45, 2.75) is 26.7 Å². The predicted molar refractivity (Wildman–Crippen MR) is 55.9 cm³/mol. The van der Waals surface area contributed by atoms with Crippen molar-refractivity contribution < 1.29 is 19.1 Å². The van der Waals surface area contributed by atoms with Gasteiger partial charge in [-0.3, -0.25) is 0 Å². The van der Waals surface area contributed by atoms with Crippen LogP contribution in [-0.4, -0.2) is 18.5 Å². The molecule has 0 bridgehead atoms. The van der Waals surface area contributed by atoms with Gasteiger partial charge in [0, 0.05) is 6.08 Å². The molecule has 4 nitrogen and oxygen atoms in total. The molecule has 0 heterocycles. The number of ether oxygens (including phenoxy) is 2. The van der Waals surface area contributed by atoms with E-state index in [-0.39, 0.29) is 5.57 Å². The van der Waals surface area contributed by atoms with Crippen LogP contribution in [0, 0.1) is 0 Å². The average Bonchev–Trinajstić information content (AvgIpc) is 2.25. The molecule has 0 saturated carbocycles. The molecule has 0 aromatic heterocycles. The standard InChI is InChI=1S/C11H16O4/c1-4-6-7-14-11(13)9(3)8-15-10(12)5-2/h5,8H,2,4,6-7H2,1,3H3/b9-8+. The van der Waals surface area contributed by atoms with Gasteiger partial charge in [0.15, 0.2) is 0 Å². The van der Waals surface area contributed by atoms with Gasteiger partial charge in [0.05, 0.1) is 12.2 Å². The first-order chi connectivity index (χ1) is 7.11. The molecule has 0 saturated heterocycles. The normalized spacial score (nSPS) is 10.7. The Kier molecular flexibility index (Phi) is 6.97. The quantitative estimate of drug-likeness (QED) is 0.292. The lowest BCUT2D eigenvalue weighted by atomic mass is 10.3. The molecule has 0 aliphatic heterocycles. The smallest absolute Gasteiger partial charge is 0.336 e. The van der Waals surface area contributed by atoms with E-state index in [4.69, 9.17) is 4.74 Å². The van der Waals surface area contributed by atoms with Gasteiger partial charge in [-0.2, -0.15) is 0 Å². The number of carbonyl (C=O) groups is 2. The Morgan fingerprint density at radius 2 is 2.07 bits per heavy atom. The van der Waals surface area contributed by atoms with Crippen LogP contribution in [0.4, 0.5) is 0 Å². The molecule has 0 unspecified atom stereocenters. The molecule has 0 spiro atoms. The molecule has 0 fully saturated rings. The Morgan fingerprint density at radius 1 is 1.40 bits per heavy atom. The molecule has 0 aromatic carbocycles. The molecule has 4 heteroatoms. The van der Waals surface area contributed by atoms with E-state index < -0.39 is 11.9 Å². The zero-order valence-electron chi connectivity index (χ0n) is 9.12. The highest BCUT2D eigenvalue weighted by atomic mass is 16.5.